The van der Waals surface area contributed by atoms with Crippen molar-refractivity contribution in [2.75, 3.05) is 50.0 Å². The second kappa shape index (κ2) is 24.1. The molecule has 0 aliphatic carbocycles. The molecular formula is C58H62N8O20P3+. The molecule has 31 heteroatoms. The first-order valence-corrected chi connectivity index (χ1v) is 33.3. The second-order valence-corrected chi connectivity index (χ2v) is 27.4. The third-order valence-corrected chi connectivity index (χ3v) is 20.5. The van der Waals surface area contributed by atoms with E-state index >= 15 is 0 Å². The Bertz CT molecular complexity index is 4390. The Morgan fingerprint density at radius 2 is 1.69 bits per heavy atom. The molecule has 3 unspecified atom stereocenters. The number of aliphatic hydroxyl groups excluding tert-OH is 1. The number of carboxylic acid groups (broad SMARTS) is 1. The normalized spacial score (nSPS) is 20.0. The van der Waals surface area contributed by atoms with E-state index in [2.05, 4.69) is 61.9 Å². The number of anilines is 2. The molecule has 89 heavy (non-hydrogen) atoms. The van der Waals surface area contributed by atoms with Gasteiger partial charge in [-0.05, 0) is 98.0 Å². The molecule has 12 rings (SSSR count). The summed E-state index contributed by atoms with van der Waals surface area (Å²) in [5.74, 6) is 4.90. The molecule has 0 saturated carbocycles. The van der Waals surface area contributed by atoms with E-state index in [0.29, 0.717) is 11.1 Å². The average Bonchev–Trinajstić information content (AvgIpc) is 1.32. The Kier molecular flexibility index (Phi) is 16.7. The monoisotopic (exact) mass is 1280 g/mol. The lowest BCUT2D eigenvalue weighted by atomic mass is 9.81. The zero-order valence-corrected chi connectivity index (χ0v) is 50.6. The van der Waals surface area contributed by atoms with E-state index in [0.717, 1.165) is 111 Å². The van der Waals surface area contributed by atoms with Crippen LogP contribution < -0.4 is 41.4 Å². The minimum atomic E-state index is -5.84. The van der Waals surface area contributed by atoms with Crippen molar-refractivity contribution in [1.29, 1.82) is 0 Å². The molecule has 2 aromatic heterocycles. The maximum atomic E-state index is 14.2. The number of aliphatic hydroxyl groups is 1. The number of aryl methyl sites for hydroxylation is 2. The maximum absolute atomic E-state index is 14.2. The van der Waals surface area contributed by atoms with E-state index in [-0.39, 0.29) is 70.1 Å². The van der Waals surface area contributed by atoms with Gasteiger partial charge in [0.15, 0.2) is 5.65 Å². The highest BCUT2D eigenvalue weighted by Gasteiger charge is 2.44. The molecule has 6 atom stereocenters. The lowest BCUT2D eigenvalue weighted by molar-refractivity contribution is -0.386. The van der Waals surface area contributed by atoms with Crippen LogP contribution in [0.5, 0.6) is 11.5 Å². The number of fused-ring (bicyclic) bond motifs is 5. The fourth-order valence-corrected chi connectivity index (χ4v) is 16.2. The Hall–Kier alpha value is -7.44. The van der Waals surface area contributed by atoms with Crippen molar-refractivity contribution >= 4 is 69.3 Å². The number of nitro groups is 1. The molecule has 6 aliphatic heterocycles. The van der Waals surface area contributed by atoms with E-state index in [9.17, 15) is 58.2 Å². The lowest BCUT2D eigenvalue weighted by Gasteiger charge is -2.39. The number of aromatic nitrogens is 3. The number of phosphoric ester groups is 1. The fourth-order valence-electron chi connectivity index (χ4n) is 13.2. The number of ether oxygens (including phenoxy) is 3. The summed E-state index contributed by atoms with van der Waals surface area (Å²) in [4.78, 5) is 99.4. The van der Waals surface area contributed by atoms with Crippen LogP contribution in [0.25, 0.3) is 16.6 Å². The number of nitro benzene ring substituents is 1. The Morgan fingerprint density at radius 1 is 0.944 bits per heavy atom. The topological polar surface area (TPSA) is 400 Å². The van der Waals surface area contributed by atoms with Crippen molar-refractivity contribution in [2.45, 2.75) is 103 Å². The van der Waals surface area contributed by atoms with Gasteiger partial charge in [-0.2, -0.15) is 13.6 Å². The molecule has 4 aromatic carbocycles. The van der Waals surface area contributed by atoms with Gasteiger partial charge in [0, 0.05) is 94.5 Å². The van der Waals surface area contributed by atoms with Crippen molar-refractivity contribution < 1.29 is 85.3 Å². The van der Waals surface area contributed by atoms with Gasteiger partial charge < -0.3 is 64.5 Å². The first-order chi connectivity index (χ1) is 42.3. The molecule has 0 radical (unpaired) electrons. The van der Waals surface area contributed by atoms with Crippen LogP contribution in [0.3, 0.4) is 0 Å². The van der Waals surface area contributed by atoms with Gasteiger partial charge in [0.25, 0.3) is 17.2 Å². The molecule has 0 bridgehead atoms. The van der Waals surface area contributed by atoms with Crippen LogP contribution in [0.1, 0.15) is 129 Å². The summed E-state index contributed by atoms with van der Waals surface area (Å²) in [6.45, 7) is 5.87. The van der Waals surface area contributed by atoms with E-state index in [1.807, 2.05) is 0 Å². The first-order valence-electron chi connectivity index (χ1n) is 28.8. The number of benzene rings is 4. The second-order valence-electron chi connectivity index (χ2n) is 22.9. The van der Waals surface area contributed by atoms with Gasteiger partial charge >= 0.3 is 29.4 Å². The number of carbonyl (C=O) groups excluding carboxylic acids is 1. The molecular weight excluding hydrogens is 1220 g/mol. The summed E-state index contributed by atoms with van der Waals surface area (Å²) in [5.41, 5.74) is 13.5. The molecule has 1 saturated heterocycles. The maximum Gasteiger partial charge on any atom is 0.490 e. The Balaban J connectivity index is 0.779. The summed E-state index contributed by atoms with van der Waals surface area (Å²) >= 11 is 0. The van der Waals surface area contributed by atoms with E-state index in [4.69, 9.17) is 29.7 Å². The Morgan fingerprint density at radius 3 is 2.43 bits per heavy atom. The highest BCUT2D eigenvalue weighted by atomic mass is 31.3. The van der Waals surface area contributed by atoms with E-state index in [1.165, 1.54) is 57.2 Å². The summed E-state index contributed by atoms with van der Waals surface area (Å²) < 4.78 is 70.6. The summed E-state index contributed by atoms with van der Waals surface area (Å²) in [5, 5.41) is 39.3. The van der Waals surface area contributed by atoms with E-state index in [1.54, 1.807) is 26.0 Å². The molecule has 1 fully saturated rings. The van der Waals surface area contributed by atoms with Crippen molar-refractivity contribution in [2.24, 2.45) is 5.92 Å². The quantitative estimate of drug-likeness (QED) is 0.0179. The number of nitrogens with two attached hydrogens (primary N) is 1. The molecule has 6 aromatic rings. The number of nitrogens with one attached hydrogen (secondary N) is 2. The Labute approximate surface area is 506 Å². The number of nitrogen functional groups attached to an aromatic ring is 1. The molecule has 468 valence electrons. The number of rotatable bonds is 18. The number of hydrogen-bond donors (Lipinski definition) is 9. The smallest absolute Gasteiger partial charge is 0.478 e. The SMILES string of the molecule is CC(C)C(OCc1cn([C@H]2C[C@H](O)[C@@H](COP(=O)(O)OP(=O)(O)OP(=O)(O)O)O2)c2nc(N)[nH]c(=O)c12)c1ccc(C#CCNC(=O)c2ccc(C(=O)O)c(C3=c4cc5c6c(c4Oc4c3cc3c7c4CCCN7CCC3)CCC[N+]=6CCC5)c2)cc1[N+](=O)[O-]. The highest BCUT2D eigenvalue weighted by molar-refractivity contribution is 7.66. The van der Waals surface area contributed by atoms with Gasteiger partial charge in [-0.3, -0.25) is 29.2 Å². The molecule has 0 spiro atoms. The fraction of sp³-hybridized carbons (Fsp3) is 0.397. The number of carboxylic acids is 1. The zero-order valence-electron chi connectivity index (χ0n) is 48.0. The standard InChI is InChI=1S/C58H61N8O20P3/c1-30(2)51(81-28-35-27-65(54-47(35)56(69)62-58(59)61-54)46-26-44(67)45(83-46)29-82-88(77,78)86-89(79,80)85-87(74,75)76)37-15-13-31(22-43(37)66(72)73)8-3-17-60-55(68)34-14-16-36(57(70)71)40(25-34)48-41-23-32-9-4-18-63-20-6-11-38(49(32)63)52(41)84-53-39-12-7-21-64-19-5-10-33(50(39)64)24-42(48)53/h13-16,22-25,27,30,44-46,51,67H,4-7,9-12,17-21,26,28-29H2,1-2H3,(H8-,59,60,61,62,68,69,70,71,74,75,76,77,78,79,80)/p+1/t44-,45+,46+,51?/m0/s1. The number of hydrogen-bond acceptors (Lipinski definition) is 18. The van der Waals surface area contributed by atoms with Crippen LogP contribution in [0.15, 0.2) is 59.5 Å². The predicted molar refractivity (Wildman–Crippen MR) is 317 cm³/mol. The van der Waals surface area contributed by atoms with E-state index < -0.39 is 82.9 Å². The minimum absolute atomic E-state index is 0.0336. The number of nitrogens with zero attached hydrogens (tertiary/aromatic N) is 5. The van der Waals surface area contributed by atoms with Gasteiger partial charge in [0.05, 0.1) is 59.0 Å². The summed E-state index contributed by atoms with van der Waals surface area (Å²) in [6, 6.07) is 13.3. The first kappa shape index (κ1) is 61.8. The van der Waals surface area contributed by atoms with Crippen LogP contribution in [0.4, 0.5) is 17.3 Å². The third kappa shape index (κ3) is 12.4. The van der Waals surface area contributed by atoms with Crippen LogP contribution in [-0.4, -0.2) is 113 Å². The molecule has 8 heterocycles. The van der Waals surface area contributed by atoms with Crippen molar-refractivity contribution in [3.8, 4) is 23.3 Å². The number of H-pyrrole nitrogens is 1. The van der Waals surface area contributed by atoms with Gasteiger partial charge in [0.2, 0.25) is 11.3 Å². The third-order valence-electron chi connectivity index (χ3n) is 16.7. The number of aromatic carboxylic acids is 1. The highest BCUT2D eigenvalue weighted by Crippen LogP contribution is 2.66. The molecule has 10 N–H and O–H groups in total. The van der Waals surface area contributed by atoms with Crippen molar-refractivity contribution in [3.05, 3.63) is 147 Å². The van der Waals surface area contributed by atoms with Crippen LogP contribution in [-0.2, 0) is 68.6 Å². The summed E-state index contributed by atoms with van der Waals surface area (Å²) in [7, 11) is -17.1. The largest absolute Gasteiger partial charge is 0.490 e. The minimum Gasteiger partial charge on any atom is -0.478 e. The number of amides is 1. The number of carbonyl (C=O) groups is 2. The average molecular weight is 1280 g/mol. The van der Waals surface area contributed by atoms with Gasteiger partial charge in [-0.1, -0.05) is 25.7 Å². The lowest BCUT2D eigenvalue weighted by Crippen LogP contribution is -2.45. The van der Waals surface area contributed by atoms with Crippen LogP contribution in [0.2, 0.25) is 0 Å². The van der Waals surface area contributed by atoms with Gasteiger partial charge in [-0.15, -0.1) is 0 Å². The van der Waals surface area contributed by atoms with Crippen LogP contribution >= 0.6 is 23.5 Å². The number of aromatic amines is 1. The van der Waals surface area contributed by atoms with Crippen molar-refractivity contribution in [3.63, 3.8) is 0 Å². The van der Waals surface area contributed by atoms with Crippen LogP contribution in [0, 0.1) is 27.9 Å². The summed E-state index contributed by atoms with van der Waals surface area (Å²) in [6.07, 6.45) is 3.42. The molecule has 6 aliphatic rings. The molecule has 1 amide bonds. The zero-order chi connectivity index (χ0) is 63.0. The van der Waals surface area contributed by atoms with Gasteiger partial charge in [-0.25, -0.2) is 23.1 Å². The molecule has 28 nitrogen and oxygen atoms in total. The van der Waals surface area contributed by atoms with Gasteiger partial charge in [0.1, 0.15) is 36.9 Å². The predicted octanol–water partition coefficient (Wildman–Crippen LogP) is 5.04. The van der Waals surface area contributed by atoms with Crippen molar-refractivity contribution in [1.82, 2.24) is 24.4 Å². The number of phosphoric acid groups is 3.